The van der Waals surface area contributed by atoms with Crippen molar-refractivity contribution in [2.24, 2.45) is 11.3 Å². The van der Waals surface area contributed by atoms with Crippen molar-refractivity contribution in [3.8, 4) is 0 Å². The molecule has 3 aromatic rings. The zero-order valence-electron chi connectivity index (χ0n) is 21.6. The van der Waals surface area contributed by atoms with Gasteiger partial charge in [0.05, 0.1) is 5.41 Å². The summed E-state index contributed by atoms with van der Waals surface area (Å²) >= 11 is 0. The Balaban J connectivity index is 1.47. The number of benzene rings is 3. The first kappa shape index (κ1) is 25.9. The van der Waals surface area contributed by atoms with E-state index in [4.69, 9.17) is 0 Å². The fourth-order valence-electron chi connectivity index (χ4n) is 5.36. The molecule has 0 saturated carbocycles. The highest BCUT2D eigenvalue weighted by Crippen LogP contribution is 2.34. The Kier molecular flexibility index (Phi) is 8.10. The lowest BCUT2D eigenvalue weighted by Gasteiger charge is -2.40. The Morgan fingerprint density at radius 3 is 2.47 bits per heavy atom. The largest absolute Gasteiger partial charge is 0.481 e. The third-order valence-corrected chi connectivity index (χ3v) is 7.83. The number of likely N-dealkylation sites (tertiary alicyclic amines) is 1. The van der Waals surface area contributed by atoms with E-state index in [0.29, 0.717) is 25.4 Å². The van der Waals surface area contributed by atoms with Crippen LogP contribution in [0.4, 0.5) is 0 Å². The molecule has 1 amide bonds. The molecule has 36 heavy (non-hydrogen) atoms. The first-order valence-electron chi connectivity index (χ1n) is 13.0. The van der Waals surface area contributed by atoms with E-state index in [1.165, 1.54) is 21.9 Å². The smallest absolute Gasteiger partial charge is 0.309 e. The van der Waals surface area contributed by atoms with Gasteiger partial charge in [-0.3, -0.25) is 9.59 Å². The summed E-state index contributed by atoms with van der Waals surface area (Å²) in [4.78, 5) is 26.5. The van der Waals surface area contributed by atoms with E-state index in [0.717, 1.165) is 13.0 Å². The summed E-state index contributed by atoms with van der Waals surface area (Å²) in [5, 5.41) is 15.7. The van der Waals surface area contributed by atoms with Crippen molar-refractivity contribution in [3.63, 3.8) is 0 Å². The minimum absolute atomic E-state index is 0.0583. The van der Waals surface area contributed by atoms with Gasteiger partial charge >= 0.3 is 5.97 Å². The second-order valence-electron chi connectivity index (χ2n) is 10.8. The minimum atomic E-state index is -0.896. The molecule has 1 saturated heterocycles. The van der Waals surface area contributed by atoms with Crippen molar-refractivity contribution >= 4 is 22.6 Å². The van der Waals surface area contributed by atoms with Crippen molar-refractivity contribution in [2.45, 2.75) is 52.0 Å². The predicted octanol–water partition coefficient (Wildman–Crippen LogP) is 6.01. The molecule has 2 unspecified atom stereocenters. The van der Waals surface area contributed by atoms with Gasteiger partial charge in [-0.05, 0) is 67.3 Å². The number of carboxylic acid groups (broad SMARTS) is 1. The van der Waals surface area contributed by atoms with Gasteiger partial charge in [0.2, 0.25) is 5.91 Å². The van der Waals surface area contributed by atoms with Crippen LogP contribution in [-0.4, -0.2) is 41.5 Å². The number of nitrogens with one attached hydrogen (secondary N) is 1. The standard InChI is InChI=1S/C31H38N2O3/c1-22(26-15-9-13-24-12-7-8-14-28(24)26)32-20-25-21-33(29(34)16-18-31(2,3)30(35)36)19-17-27(25)23-10-5-4-6-11-23/h4-15,22,25,27,32H,16-21H2,1-3H3,(H,35,36)/t22-,25?,27?/m1/s1. The highest BCUT2D eigenvalue weighted by Gasteiger charge is 2.34. The average Bonchev–Trinajstić information content (AvgIpc) is 2.90. The molecule has 0 spiro atoms. The first-order chi connectivity index (χ1) is 17.3. The van der Waals surface area contributed by atoms with Gasteiger partial charge in [0.25, 0.3) is 0 Å². The number of amides is 1. The quantitative estimate of drug-likeness (QED) is 0.388. The molecule has 1 aliphatic heterocycles. The van der Waals surface area contributed by atoms with Crippen molar-refractivity contribution in [2.75, 3.05) is 19.6 Å². The van der Waals surface area contributed by atoms with Gasteiger partial charge in [-0.25, -0.2) is 0 Å². The summed E-state index contributed by atoms with van der Waals surface area (Å²) < 4.78 is 0. The van der Waals surface area contributed by atoms with Gasteiger partial charge in [0, 0.05) is 32.1 Å². The molecule has 3 atom stereocenters. The van der Waals surface area contributed by atoms with Crippen LogP contribution < -0.4 is 5.32 Å². The Morgan fingerprint density at radius 1 is 1.03 bits per heavy atom. The van der Waals surface area contributed by atoms with E-state index in [-0.39, 0.29) is 24.3 Å². The number of hydrogen-bond acceptors (Lipinski definition) is 3. The molecule has 0 aliphatic carbocycles. The van der Waals surface area contributed by atoms with Crippen LogP contribution in [0.2, 0.25) is 0 Å². The molecular formula is C31H38N2O3. The second-order valence-corrected chi connectivity index (χ2v) is 10.8. The average molecular weight is 487 g/mol. The highest BCUT2D eigenvalue weighted by molar-refractivity contribution is 5.86. The van der Waals surface area contributed by atoms with E-state index in [2.05, 4.69) is 79.0 Å². The maximum Gasteiger partial charge on any atom is 0.309 e. The molecule has 4 rings (SSSR count). The summed E-state index contributed by atoms with van der Waals surface area (Å²) in [7, 11) is 0. The predicted molar refractivity (Wildman–Crippen MR) is 145 cm³/mol. The number of carbonyl (C=O) groups excluding carboxylic acids is 1. The molecule has 5 heteroatoms. The third kappa shape index (κ3) is 5.96. The van der Waals surface area contributed by atoms with Gasteiger partial charge in [-0.1, -0.05) is 72.8 Å². The number of carbonyl (C=O) groups is 2. The van der Waals surface area contributed by atoms with Crippen LogP contribution in [0.1, 0.15) is 63.1 Å². The summed E-state index contributed by atoms with van der Waals surface area (Å²) in [5.74, 6) is -0.154. The van der Waals surface area contributed by atoms with Gasteiger partial charge in [0.1, 0.15) is 0 Å². The van der Waals surface area contributed by atoms with E-state index < -0.39 is 11.4 Å². The fraction of sp³-hybridized carbons (Fsp3) is 0.419. The molecule has 1 aliphatic rings. The highest BCUT2D eigenvalue weighted by atomic mass is 16.4. The second kappa shape index (κ2) is 11.3. The molecule has 1 fully saturated rings. The van der Waals surface area contributed by atoms with Crippen LogP contribution >= 0.6 is 0 Å². The summed E-state index contributed by atoms with van der Waals surface area (Å²) in [6.07, 6.45) is 1.52. The number of hydrogen-bond donors (Lipinski definition) is 2. The van der Waals surface area contributed by atoms with Crippen LogP contribution in [0, 0.1) is 11.3 Å². The summed E-state index contributed by atoms with van der Waals surface area (Å²) in [6, 6.07) is 25.7. The maximum atomic E-state index is 13.1. The van der Waals surface area contributed by atoms with E-state index in [9.17, 15) is 14.7 Å². The van der Waals surface area contributed by atoms with Gasteiger partial charge in [-0.15, -0.1) is 0 Å². The normalized spacial score (nSPS) is 19.2. The zero-order chi connectivity index (χ0) is 25.7. The van der Waals surface area contributed by atoms with Crippen molar-refractivity contribution in [3.05, 3.63) is 83.9 Å². The fourth-order valence-corrected chi connectivity index (χ4v) is 5.36. The molecule has 5 nitrogen and oxygen atoms in total. The van der Waals surface area contributed by atoms with Gasteiger partial charge in [0.15, 0.2) is 0 Å². The van der Waals surface area contributed by atoms with E-state index in [1.807, 2.05) is 11.0 Å². The Hall–Kier alpha value is -3.18. The molecule has 3 aromatic carbocycles. The van der Waals surface area contributed by atoms with E-state index >= 15 is 0 Å². The van der Waals surface area contributed by atoms with Crippen molar-refractivity contribution in [1.29, 1.82) is 0 Å². The van der Waals surface area contributed by atoms with E-state index in [1.54, 1.807) is 13.8 Å². The summed E-state index contributed by atoms with van der Waals surface area (Å²) in [5.41, 5.74) is 1.71. The molecule has 1 heterocycles. The molecule has 0 bridgehead atoms. The minimum Gasteiger partial charge on any atom is -0.481 e. The number of rotatable bonds is 9. The number of piperidine rings is 1. The maximum absolute atomic E-state index is 13.1. The third-order valence-electron chi connectivity index (χ3n) is 7.83. The molecule has 0 radical (unpaired) electrons. The van der Waals surface area contributed by atoms with Crippen LogP contribution in [0.25, 0.3) is 10.8 Å². The van der Waals surface area contributed by atoms with Gasteiger partial charge < -0.3 is 15.3 Å². The van der Waals surface area contributed by atoms with Crippen molar-refractivity contribution < 1.29 is 14.7 Å². The van der Waals surface area contributed by atoms with Crippen LogP contribution in [0.5, 0.6) is 0 Å². The van der Waals surface area contributed by atoms with Crippen molar-refractivity contribution in [1.82, 2.24) is 10.2 Å². The molecule has 0 aromatic heterocycles. The van der Waals surface area contributed by atoms with Crippen LogP contribution in [-0.2, 0) is 9.59 Å². The molecular weight excluding hydrogens is 448 g/mol. The number of nitrogens with zero attached hydrogens (tertiary/aromatic N) is 1. The molecule has 190 valence electrons. The number of aliphatic carboxylic acids is 1. The van der Waals surface area contributed by atoms with Crippen LogP contribution in [0.15, 0.2) is 72.8 Å². The zero-order valence-corrected chi connectivity index (χ0v) is 21.6. The Morgan fingerprint density at radius 2 is 1.72 bits per heavy atom. The Bertz CT molecular complexity index is 1190. The first-order valence-corrected chi connectivity index (χ1v) is 13.0. The van der Waals surface area contributed by atoms with Gasteiger partial charge in [-0.2, -0.15) is 0 Å². The Labute approximate surface area is 214 Å². The lowest BCUT2D eigenvalue weighted by atomic mass is 9.80. The number of carboxylic acids is 1. The topological polar surface area (TPSA) is 69.6 Å². The van der Waals surface area contributed by atoms with Crippen LogP contribution in [0.3, 0.4) is 0 Å². The molecule has 2 N–H and O–H groups in total. The lowest BCUT2D eigenvalue weighted by molar-refractivity contribution is -0.147. The monoisotopic (exact) mass is 486 g/mol. The SMILES string of the molecule is C[C@@H](NCC1CN(C(=O)CCC(C)(C)C(=O)O)CCC1c1ccccc1)c1cccc2ccccc12. The summed E-state index contributed by atoms with van der Waals surface area (Å²) in [6.45, 7) is 7.77. The lowest BCUT2D eigenvalue weighted by Crippen LogP contribution is -2.46. The number of fused-ring (bicyclic) bond motifs is 1.